The maximum Gasteiger partial charge on any atom is 0.270 e. The Bertz CT molecular complexity index is 1430. The zero-order valence-corrected chi connectivity index (χ0v) is 15.7. The molecule has 0 saturated heterocycles. The van der Waals surface area contributed by atoms with E-state index in [4.69, 9.17) is 4.98 Å². The summed E-state index contributed by atoms with van der Waals surface area (Å²) < 4.78 is 13.6. The molecule has 4 aromatic carbocycles. The molecule has 144 valence electrons. The molecule has 0 aliphatic carbocycles. The van der Waals surface area contributed by atoms with Crippen molar-refractivity contribution >= 4 is 27.4 Å². The highest BCUT2D eigenvalue weighted by molar-refractivity contribution is 6.13. The number of aromatic nitrogens is 1. The maximum absolute atomic E-state index is 13.6. The molecule has 0 amide bonds. The van der Waals surface area contributed by atoms with Crippen molar-refractivity contribution in [3.63, 3.8) is 0 Å². The van der Waals surface area contributed by atoms with Crippen LogP contribution < -0.4 is 0 Å². The molecule has 5 rings (SSSR count). The van der Waals surface area contributed by atoms with E-state index in [0.29, 0.717) is 11.3 Å². The highest BCUT2D eigenvalue weighted by Crippen LogP contribution is 2.37. The summed E-state index contributed by atoms with van der Waals surface area (Å²) in [5.74, 6) is -0.305. The zero-order chi connectivity index (χ0) is 20.7. The predicted molar refractivity (Wildman–Crippen MR) is 117 cm³/mol. The first-order chi connectivity index (χ1) is 14.6. The van der Waals surface area contributed by atoms with E-state index in [1.807, 2.05) is 42.5 Å². The standard InChI is InChI=1S/C25H15FN2O2/c26-19-11-8-17(9-12-19)22-15-24(18-5-3-6-20(14-18)28(29)30)27-23-13-10-16-4-1-2-7-21(16)25(22)23/h1-15H. The number of nitrogens with zero attached hydrogens (tertiary/aromatic N) is 2. The van der Waals surface area contributed by atoms with Crippen LogP contribution in [0.25, 0.3) is 44.1 Å². The van der Waals surface area contributed by atoms with Gasteiger partial charge in [0.2, 0.25) is 0 Å². The molecule has 5 aromatic rings. The van der Waals surface area contributed by atoms with Crippen molar-refractivity contribution in [2.75, 3.05) is 0 Å². The first-order valence-corrected chi connectivity index (χ1v) is 9.43. The minimum absolute atomic E-state index is 0.0104. The molecule has 0 spiro atoms. The van der Waals surface area contributed by atoms with Gasteiger partial charge in [-0.25, -0.2) is 9.37 Å². The third-order valence-corrected chi connectivity index (χ3v) is 5.21. The van der Waals surface area contributed by atoms with Gasteiger partial charge in [0.05, 0.1) is 16.1 Å². The number of benzene rings is 4. The summed E-state index contributed by atoms with van der Waals surface area (Å²) in [5.41, 5.74) is 3.82. The van der Waals surface area contributed by atoms with E-state index in [-0.39, 0.29) is 11.5 Å². The van der Waals surface area contributed by atoms with Crippen LogP contribution in [-0.2, 0) is 0 Å². The van der Waals surface area contributed by atoms with Crippen LogP contribution >= 0.6 is 0 Å². The monoisotopic (exact) mass is 394 g/mol. The van der Waals surface area contributed by atoms with Gasteiger partial charge in [-0.1, -0.05) is 54.6 Å². The lowest BCUT2D eigenvalue weighted by Crippen LogP contribution is -1.93. The lowest BCUT2D eigenvalue weighted by Gasteiger charge is -2.13. The summed E-state index contributed by atoms with van der Waals surface area (Å²) in [4.78, 5) is 15.6. The van der Waals surface area contributed by atoms with Crippen LogP contribution in [0.4, 0.5) is 10.1 Å². The summed E-state index contributed by atoms with van der Waals surface area (Å²) in [6.45, 7) is 0. The predicted octanol–water partition coefficient (Wildman–Crippen LogP) is 6.77. The van der Waals surface area contributed by atoms with Crippen LogP contribution in [0.5, 0.6) is 0 Å². The Kier molecular flexibility index (Phi) is 4.21. The molecule has 0 bridgehead atoms. The molecule has 1 aromatic heterocycles. The second-order valence-electron chi connectivity index (χ2n) is 7.05. The molecule has 5 heteroatoms. The number of hydrogen-bond donors (Lipinski definition) is 0. The second kappa shape index (κ2) is 7.04. The van der Waals surface area contributed by atoms with Crippen molar-refractivity contribution in [2.45, 2.75) is 0 Å². The minimum atomic E-state index is -0.418. The van der Waals surface area contributed by atoms with Crippen molar-refractivity contribution < 1.29 is 9.31 Å². The number of nitro groups is 1. The van der Waals surface area contributed by atoms with Gasteiger partial charge in [0, 0.05) is 23.1 Å². The number of nitro benzene ring substituents is 1. The first kappa shape index (κ1) is 17.9. The van der Waals surface area contributed by atoms with Gasteiger partial charge in [-0.3, -0.25) is 10.1 Å². The maximum atomic E-state index is 13.6. The summed E-state index contributed by atoms with van der Waals surface area (Å²) in [5, 5.41) is 14.3. The van der Waals surface area contributed by atoms with Crippen LogP contribution in [0.15, 0.2) is 91.0 Å². The third-order valence-electron chi connectivity index (χ3n) is 5.21. The quantitative estimate of drug-likeness (QED) is 0.193. The van der Waals surface area contributed by atoms with Crippen LogP contribution in [0.2, 0.25) is 0 Å². The van der Waals surface area contributed by atoms with Gasteiger partial charge in [0.1, 0.15) is 5.82 Å². The van der Waals surface area contributed by atoms with Gasteiger partial charge in [-0.15, -0.1) is 0 Å². The largest absolute Gasteiger partial charge is 0.270 e. The second-order valence-corrected chi connectivity index (χ2v) is 7.05. The van der Waals surface area contributed by atoms with Crippen LogP contribution in [-0.4, -0.2) is 9.91 Å². The Hall–Kier alpha value is -4.12. The van der Waals surface area contributed by atoms with E-state index >= 15 is 0 Å². The normalized spacial score (nSPS) is 11.1. The van der Waals surface area contributed by atoms with Gasteiger partial charge in [-0.2, -0.15) is 0 Å². The van der Waals surface area contributed by atoms with Crippen molar-refractivity contribution in [2.24, 2.45) is 0 Å². The molecule has 30 heavy (non-hydrogen) atoms. The number of fused-ring (bicyclic) bond motifs is 3. The van der Waals surface area contributed by atoms with Crippen molar-refractivity contribution in [1.82, 2.24) is 4.98 Å². The molecule has 0 N–H and O–H groups in total. The minimum Gasteiger partial charge on any atom is -0.258 e. The molecule has 4 nitrogen and oxygen atoms in total. The van der Waals surface area contributed by atoms with Crippen LogP contribution in [0.1, 0.15) is 0 Å². The van der Waals surface area contributed by atoms with Gasteiger partial charge in [0.25, 0.3) is 5.69 Å². The van der Waals surface area contributed by atoms with Crippen molar-refractivity contribution in [3.8, 4) is 22.4 Å². The molecule has 0 aliphatic heterocycles. The van der Waals surface area contributed by atoms with Gasteiger partial charge < -0.3 is 0 Å². The Morgan fingerprint density at radius 2 is 1.60 bits per heavy atom. The summed E-state index contributed by atoms with van der Waals surface area (Å²) in [6, 6.07) is 26.7. The summed E-state index contributed by atoms with van der Waals surface area (Å²) in [7, 11) is 0. The van der Waals surface area contributed by atoms with Crippen LogP contribution in [0.3, 0.4) is 0 Å². The van der Waals surface area contributed by atoms with E-state index < -0.39 is 4.92 Å². The van der Waals surface area contributed by atoms with E-state index in [1.54, 1.807) is 24.3 Å². The van der Waals surface area contributed by atoms with Crippen LogP contribution in [0, 0.1) is 15.9 Å². The molecular weight excluding hydrogens is 379 g/mol. The molecule has 1 heterocycles. The van der Waals surface area contributed by atoms with Gasteiger partial charge in [-0.05, 0) is 46.2 Å². The SMILES string of the molecule is O=[N+]([O-])c1cccc(-c2cc(-c3ccc(F)cc3)c3c(ccc4ccccc43)n2)c1. The fourth-order valence-corrected chi connectivity index (χ4v) is 3.79. The van der Waals surface area contributed by atoms with E-state index in [9.17, 15) is 14.5 Å². The Morgan fingerprint density at radius 1 is 0.800 bits per heavy atom. The summed E-state index contributed by atoms with van der Waals surface area (Å²) >= 11 is 0. The molecule has 0 aliphatic rings. The van der Waals surface area contributed by atoms with Gasteiger partial charge >= 0.3 is 0 Å². The zero-order valence-electron chi connectivity index (χ0n) is 15.7. The molecule has 0 atom stereocenters. The number of halogens is 1. The number of rotatable bonds is 3. The smallest absolute Gasteiger partial charge is 0.258 e. The fraction of sp³-hybridized carbons (Fsp3) is 0. The molecule has 0 saturated carbocycles. The number of pyridine rings is 1. The first-order valence-electron chi connectivity index (χ1n) is 9.43. The van der Waals surface area contributed by atoms with E-state index in [2.05, 4.69) is 0 Å². The average molecular weight is 394 g/mol. The lowest BCUT2D eigenvalue weighted by atomic mass is 9.94. The van der Waals surface area contributed by atoms with E-state index in [1.165, 1.54) is 24.3 Å². The number of hydrogen-bond acceptors (Lipinski definition) is 3. The average Bonchev–Trinajstić information content (AvgIpc) is 2.78. The Labute approximate surface area is 171 Å². The Morgan fingerprint density at radius 3 is 2.40 bits per heavy atom. The van der Waals surface area contributed by atoms with E-state index in [0.717, 1.165) is 32.8 Å². The highest BCUT2D eigenvalue weighted by atomic mass is 19.1. The van der Waals surface area contributed by atoms with Gasteiger partial charge in [0.15, 0.2) is 0 Å². The Balaban J connectivity index is 1.85. The molecule has 0 unspecified atom stereocenters. The highest BCUT2D eigenvalue weighted by Gasteiger charge is 2.14. The number of non-ortho nitro benzene ring substituents is 1. The third kappa shape index (κ3) is 3.06. The lowest BCUT2D eigenvalue weighted by molar-refractivity contribution is -0.384. The van der Waals surface area contributed by atoms with Crippen molar-refractivity contribution in [3.05, 3.63) is 107 Å². The topological polar surface area (TPSA) is 56.0 Å². The van der Waals surface area contributed by atoms with Crippen molar-refractivity contribution in [1.29, 1.82) is 0 Å². The fourth-order valence-electron chi connectivity index (χ4n) is 3.79. The molecule has 0 radical (unpaired) electrons. The molecular formula is C25H15FN2O2. The summed E-state index contributed by atoms with van der Waals surface area (Å²) in [6.07, 6.45) is 0. The molecule has 0 fully saturated rings.